The van der Waals surface area contributed by atoms with Gasteiger partial charge in [-0.05, 0) is 0 Å². The molecule has 0 spiro atoms. The summed E-state index contributed by atoms with van der Waals surface area (Å²) in [6.45, 7) is 0.748. The van der Waals surface area contributed by atoms with Crippen LogP contribution in [-0.2, 0) is 17.5 Å². The van der Waals surface area contributed by atoms with Crippen molar-refractivity contribution >= 4 is 28.6 Å². The molecule has 98 valence electrons. The lowest BCUT2D eigenvalue weighted by Crippen LogP contribution is -2.03. The molecule has 0 aliphatic rings. The lowest BCUT2D eigenvalue weighted by Gasteiger charge is -2.05. The largest absolute Gasteiger partial charge is 0.384 e. The van der Waals surface area contributed by atoms with Crippen molar-refractivity contribution in [3.63, 3.8) is 0 Å². The topological polar surface area (TPSA) is 64.9 Å². The Morgan fingerprint density at radius 2 is 2.28 bits per heavy atom. The van der Waals surface area contributed by atoms with Gasteiger partial charge in [0.1, 0.15) is 11.6 Å². The van der Waals surface area contributed by atoms with Crippen LogP contribution in [0.1, 0.15) is 5.82 Å². The Kier molecular flexibility index (Phi) is 4.38. The third-order valence-electron chi connectivity index (χ3n) is 2.54. The molecule has 0 saturated heterocycles. The third kappa shape index (κ3) is 2.73. The number of anilines is 1. The van der Waals surface area contributed by atoms with Crippen LogP contribution in [0, 0.1) is 0 Å². The fraction of sp³-hybridized carbons (Fsp3) is 0.545. The van der Waals surface area contributed by atoms with Crippen LogP contribution < -0.4 is 5.32 Å². The van der Waals surface area contributed by atoms with E-state index in [-0.39, 0.29) is 0 Å². The van der Waals surface area contributed by atoms with E-state index < -0.39 is 0 Å². The van der Waals surface area contributed by atoms with Gasteiger partial charge in [-0.1, -0.05) is 0 Å². The van der Waals surface area contributed by atoms with Gasteiger partial charge in [0, 0.05) is 27.0 Å². The Balaban J connectivity index is 2.20. The Bertz CT molecular complexity index is 527. The molecule has 2 rings (SSSR count). The van der Waals surface area contributed by atoms with Gasteiger partial charge in [0.15, 0.2) is 5.65 Å². The summed E-state index contributed by atoms with van der Waals surface area (Å²) >= 11 is 1.76. The van der Waals surface area contributed by atoms with Crippen LogP contribution in [0.5, 0.6) is 0 Å². The molecule has 2 aromatic heterocycles. The van der Waals surface area contributed by atoms with Gasteiger partial charge in [-0.2, -0.15) is 16.9 Å². The minimum Gasteiger partial charge on any atom is -0.384 e. The van der Waals surface area contributed by atoms with Gasteiger partial charge in [0.05, 0.1) is 23.9 Å². The van der Waals surface area contributed by atoms with E-state index in [0.717, 1.165) is 40.8 Å². The zero-order valence-electron chi connectivity index (χ0n) is 10.8. The van der Waals surface area contributed by atoms with Crippen LogP contribution in [0.2, 0.25) is 0 Å². The average molecular weight is 267 g/mol. The normalized spacial score (nSPS) is 11.1. The summed E-state index contributed by atoms with van der Waals surface area (Å²) in [5, 5.41) is 8.24. The van der Waals surface area contributed by atoms with Crippen molar-refractivity contribution in [3.05, 3.63) is 12.0 Å². The SMILES string of the molecule is CNc1nc(CSCCOC)nc2c1cnn2C. The summed E-state index contributed by atoms with van der Waals surface area (Å²) in [6, 6.07) is 0. The van der Waals surface area contributed by atoms with Crippen LogP contribution in [0.25, 0.3) is 11.0 Å². The summed E-state index contributed by atoms with van der Waals surface area (Å²) in [5.74, 6) is 3.36. The molecule has 18 heavy (non-hydrogen) atoms. The Hall–Kier alpha value is -1.34. The number of fused-ring (bicyclic) bond motifs is 1. The molecule has 0 aliphatic carbocycles. The maximum absolute atomic E-state index is 5.01. The molecule has 6 nitrogen and oxygen atoms in total. The highest BCUT2D eigenvalue weighted by molar-refractivity contribution is 7.98. The molecule has 0 bridgehead atoms. The molecule has 7 heteroatoms. The summed E-state index contributed by atoms with van der Waals surface area (Å²) in [4.78, 5) is 9.02. The third-order valence-corrected chi connectivity index (χ3v) is 3.46. The van der Waals surface area contributed by atoms with Gasteiger partial charge in [-0.25, -0.2) is 9.97 Å². The van der Waals surface area contributed by atoms with E-state index in [1.54, 1.807) is 29.8 Å². The summed E-state index contributed by atoms with van der Waals surface area (Å²) in [5.41, 5.74) is 0.858. The molecule has 0 atom stereocenters. The van der Waals surface area contributed by atoms with Gasteiger partial charge < -0.3 is 10.1 Å². The highest BCUT2D eigenvalue weighted by atomic mass is 32.2. The minimum atomic E-state index is 0.748. The first-order valence-electron chi connectivity index (χ1n) is 5.69. The summed E-state index contributed by atoms with van der Waals surface area (Å²) in [6.07, 6.45) is 1.78. The molecule has 0 saturated carbocycles. The van der Waals surface area contributed by atoms with E-state index in [2.05, 4.69) is 20.4 Å². The maximum Gasteiger partial charge on any atom is 0.163 e. The molecular weight excluding hydrogens is 250 g/mol. The van der Waals surface area contributed by atoms with E-state index in [1.807, 2.05) is 14.1 Å². The molecule has 0 fully saturated rings. The number of ether oxygens (including phenoxy) is 1. The van der Waals surface area contributed by atoms with E-state index in [4.69, 9.17) is 4.74 Å². The number of aromatic nitrogens is 4. The first kappa shape index (κ1) is 13.1. The van der Waals surface area contributed by atoms with E-state index >= 15 is 0 Å². The number of hydrogen-bond donors (Lipinski definition) is 1. The maximum atomic E-state index is 5.01. The molecule has 1 N–H and O–H groups in total. The van der Waals surface area contributed by atoms with Gasteiger partial charge in [0.2, 0.25) is 0 Å². The van der Waals surface area contributed by atoms with Crippen LogP contribution in [0.15, 0.2) is 6.20 Å². The molecule has 0 aromatic carbocycles. The number of nitrogens with one attached hydrogen (secondary N) is 1. The number of rotatable bonds is 6. The highest BCUT2D eigenvalue weighted by Gasteiger charge is 2.10. The second-order valence-electron chi connectivity index (χ2n) is 3.79. The Morgan fingerprint density at radius 3 is 3.00 bits per heavy atom. The van der Waals surface area contributed by atoms with Crippen LogP contribution in [-0.4, -0.2) is 46.3 Å². The van der Waals surface area contributed by atoms with Crippen molar-refractivity contribution in [1.29, 1.82) is 0 Å². The molecular formula is C11H17N5OS. The smallest absolute Gasteiger partial charge is 0.163 e. The lowest BCUT2D eigenvalue weighted by atomic mass is 10.4. The zero-order chi connectivity index (χ0) is 13.0. The zero-order valence-corrected chi connectivity index (χ0v) is 11.6. The van der Waals surface area contributed by atoms with Gasteiger partial charge in [-0.15, -0.1) is 0 Å². The van der Waals surface area contributed by atoms with Gasteiger partial charge >= 0.3 is 0 Å². The van der Waals surface area contributed by atoms with Crippen molar-refractivity contribution < 1.29 is 4.74 Å². The van der Waals surface area contributed by atoms with Crippen LogP contribution in [0.4, 0.5) is 5.82 Å². The number of methoxy groups -OCH3 is 1. The van der Waals surface area contributed by atoms with Crippen LogP contribution >= 0.6 is 11.8 Å². The molecule has 0 unspecified atom stereocenters. The van der Waals surface area contributed by atoms with Gasteiger partial charge in [0.25, 0.3) is 0 Å². The van der Waals surface area contributed by atoms with Crippen molar-refractivity contribution in [2.24, 2.45) is 7.05 Å². The Morgan fingerprint density at radius 1 is 1.44 bits per heavy atom. The molecule has 0 aliphatic heterocycles. The van der Waals surface area contributed by atoms with Crippen molar-refractivity contribution in [1.82, 2.24) is 19.7 Å². The first-order chi connectivity index (χ1) is 8.76. The predicted octanol–water partition coefficient (Wildman–Crippen LogP) is 1.28. The predicted molar refractivity (Wildman–Crippen MR) is 73.9 cm³/mol. The number of aryl methyl sites for hydroxylation is 1. The van der Waals surface area contributed by atoms with Crippen LogP contribution in [0.3, 0.4) is 0 Å². The lowest BCUT2D eigenvalue weighted by molar-refractivity contribution is 0.218. The first-order valence-corrected chi connectivity index (χ1v) is 6.84. The van der Waals surface area contributed by atoms with Crippen molar-refractivity contribution in [2.75, 3.05) is 31.8 Å². The second kappa shape index (κ2) is 6.01. The standard InChI is InChI=1S/C11H17N5OS/c1-12-10-8-6-13-16(2)11(8)15-9(14-10)7-18-5-4-17-3/h6H,4-5,7H2,1-3H3,(H,12,14,15). The van der Waals surface area contributed by atoms with E-state index in [9.17, 15) is 0 Å². The van der Waals surface area contributed by atoms with Gasteiger partial charge in [-0.3, -0.25) is 4.68 Å². The van der Waals surface area contributed by atoms with E-state index in [0.29, 0.717) is 0 Å². The quantitative estimate of drug-likeness (QED) is 0.796. The monoisotopic (exact) mass is 267 g/mol. The van der Waals surface area contributed by atoms with E-state index in [1.165, 1.54) is 0 Å². The number of nitrogens with zero attached hydrogens (tertiary/aromatic N) is 4. The second-order valence-corrected chi connectivity index (χ2v) is 4.89. The fourth-order valence-electron chi connectivity index (χ4n) is 1.63. The fourth-order valence-corrected chi connectivity index (χ4v) is 2.37. The summed E-state index contributed by atoms with van der Waals surface area (Å²) in [7, 11) is 5.45. The van der Waals surface area contributed by atoms with Crippen molar-refractivity contribution in [3.8, 4) is 0 Å². The molecule has 2 heterocycles. The Labute approximate surface area is 110 Å². The molecule has 0 radical (unpaired) electrons. The molecule has 2 aromatic rings. The number of thioether (sulfide) groups is 1. The molecule has 0 amide bonds. The average Bonchev–Trinajstić information content (AvgIpc) is 2.76. The number of hydrogen-bond acceptors (Lipinski definition) is 6. The summed E-state index contributed by atoms with van der Waals surface area (Å²) < 4.78 is 6.78. The highest BCUT2D eigenvalue weighted by Crippen LogP contribution is 2.20. The minimum absolute atomic E-state index is 0.748. The van der Waals surface area contributed by atoms with Crippen molar-refractivity contribution in [2.45, 2.75) is 5.75 Å².